The fourth-order valence-corrected chi connectivity index (χ4v) is 2.33. The second-order valence-electron chi connectivity index (χ2n) is 5.76. The fraction of sp³-hybridized carbons (Fsp3) is 0.0952. The lowest BCUT2D eigenvalue weighted by atomic mass is 10.2. The van der Waals surface area contributed by atoms with Crippen molar-refractivity contribution in [1.82, 2.24) is 15.6 Å². The molecular formula is C21H19N3O3. The smallest absolute Gasteiger partial charge is 0.251 e. The van der Waals surface area contributed by atoms with Crippen LogP contribution in [0.15, 0.2) is 79.1 Å². The van der Waals surface area contributed by atoms with Crippen molar-refractivity contribution in [3.8, 4) is 11.5 Å². The monoisotopic (exact) mass is 361 g/mol. The number of nitrogens with zero attached hydrogens (tertiary/aromatic N) is 1. The van der Waals surface area contributed by atoms with Gasteiger partial charge in [-0.15, -0.1) is 0 Å². The van der Waals surface area contributed by atoms with E-state index >= 15 is 0 Å². The average molecular weight is 361 g/mol. The topological polar surface area (TPSA) is 80.3 Å². The third kappa shape index (κ3) is 5.67. The van der Waals surface area contributed by atoms with Crippen LogP contribution >= 0.6 is 0 Å². The molecule has 0 bridgehead atoms. The van der Waals surface area contributed by atoms with E-state index in [1.807, 2.05) is 36.4 Å². The van der Waals surface area contributed by atoms with Crippen molar-refractivity contribution in [3.63, 3.8) is 0 Å². The summed E-state index contributed by atoms with van der Waals surface area (Å²) in [6, 6.07) is 19.8. The number of pyridine rings is 1. The zero-order valence-corrected chi connectivity index (χ0v) is 14.6. The molecule has 1 heterocycles. The number of ether oxygens (including phenoxy) is 1. The standard InChI is InChI=1S/C21H19N3O3/c25-20(23-14-16-5-4-12-22-13-16)15-24-21(26)17-8-10-19(11-9-17)27-18-6-2-1-3-7-18/h1-13H,14-15H2,(H,23,25)(H,24,26). The van der Waals surface area contributed by atoms with Gasteiger partial charge in [0.05, 0.1) is 6.54 Å². The summed E-state index contributed by atoms with van der Waals surface area (Å²) < 4.78 is 5.68. The predicted molar refractivity (Wildman–Crippen MR) is 101 cm³/mol. The number of rotatable bonds is 7. The number of para-hydroxylation sites is 1. The maximum Gasteiger partial charge on any atom is 0.251 e. The quantitative estimate of drug-likeness (QED) is 0.678. The van der Waals surface area contributed by atoms with Crippen molar-refractivity contribution in [3.05, 3.63) is 90.3 Å². The van der Waals surface area contributed by atoms with Crippen LogP contribution < -0.4 is 15.4 Å². The van der Waals surface area contributed by atoms with E-state index in [1.54, 1.807) is 42.7 Å². The van der Waals surface area contributed by atoms with E-state index in [1.165, 1.54) is 0 Å². The normalized spacial score (nSPS) is 10.1. The SMILES string of the molecule is O=C(CNC(=O)c1ccc(Oc2ccccc2)cc1)NCc1cccnc1. The van der Waals surface area contributed by atoms with Gasteiger partial charge in [0.15, 0.2) is 0 Å². The molecular weight excluding hydrogens is 342 g/mol. The molecule has 2 amide bonds. The molecule has 0 atom stereocenters. The summed E-state index contributed by atoms with van der Waals surface area (Å²) in [5.74, 6) is 0.765. The summed E-state index contributed by atoms with van der Waals surface area (Å²) in [5.41, 5.74) is 1.35. The molecule has 136 valence electrons. The van der Waals surface area contributed by atoms with E-state index in [0.29, 0.717) is 17.9 Å². The second-order valence-corrected chi connectivity index (χ2v) is 5.76. The fourth-order valence-electron chi connectivity index (χ4n) is 2.33. The van der Waals surface area contributed by atoms with Crippen LogP contribution in [0.25, 0.3) is 0 Å². The van der Waals surface area contributed by atoms with E-state index in [2.05, 4.69) is 15.6 Å². The minimum absolute atomic E-state index is 0.0959. The van der Waals surface area contributed by atoms with Gasteiger partial charge in [0, 0.05) is 24.5 Å². The number of benzene rings is 2. The summed E-state index contributed by atoms with van der Waals surface area (Å²) in [6.07, 6.45) is 3.35. The Labute approximate surface area is 157 Å². The molecule has 0 saturated carbocycles. The van der Waals surface area contributed by atoms with Crippen molar-refractivity contribution in [2.75, 3.05) is 6.54 Å². The number of nitrogens with one attached hydrogen (secondary N) is 2. The van der Waals surface area contributed by atoms with Gasteiger partial charge in [-0.3, -0.25) is 14.6 Å². The van der Waals surface area contributed by atoms with Crippen molar-refractivity contribution in [2.45, 2.75) is 6.54 Å². The number of carbonyl (C=O) groups excluding carboxylic acids is 2. The zero-order chi connectivity index (χ0) is 18.9. The van der Waals surface area contributed by atoms with E-state index < -0.39 is 0 Å². The largest absolute Gasteiger partial charge is 0.457 e. The van der Waals surface area contributed by atoms with Crippen LogP contribution in [0.1, 0.15) is 15.9 Å². The van der Waals surface area contributed by atoms with Gasteiger partial charge >= 0.3 is 0 Å². The summed E-state index contributed by atoms with van der Waals surface area (Å²) in [6.45, 7) is 0.273. The van der Waals surface area contributed by atoms with Crippen LogP contribution in [0.3, 0.4) is 0 Å². The number of hydrogen-bond acceptors (Lipinski definition) is 4. The number of hydrogen-bond donors (Lipinski definition) is 2. The lowest BCUT2D eigenvalue weighted by Gasteiger charge is -2.08. The molecule has 0 unspecified atom stereocenters. The molecule has 6 heteroatoms. The van der Waals surface area contributed by atoms with Crippen LogP contribution in [0, 0.1) is 0 Å². The average Bonchev–Trinajstić information content (AvgIpc) is 2.72. The van der Waals surface area contributed by atoms with Gasteiger partial charge in [-0.25, -0.2) is 0 Å². The Morgan fingerprint density at radius 3 is 2.30 bits per heavy atom. The van der Waals surface area contributed by atoms with Crippen molar-refractivity contribution >= 4 is 11.8 Å². The van der Waals surface area contributed by atoms with Crippen LogP contribution in [-0.4, -0.2) is 23.3 Å². The highest BCUT2D eigenvalue weighted by molar-refractivity contribution is 5.96. The third-order valence-corrected chi connectivity index (χ3v) is 3.72. The van der Waals surface area contributed by atoms with Crippen molar-refractivity contribution in [2.24, 2.45) is 0 Å². The molecule has 3 aromatic rings. The molecule has 2 N–H and O–H groups in total. The Morgan fingerprint density at radius 1 is 0.852 bits per heavy atom. The predicted octanol–water partition coefficient (Wildman–Crippen LogP) is 2.92. The first kappa shape index (κ1) is 18.1. The van der Waals surface area contributed by atoms with E-state index in [4.69, 9.17) is 4.74 Å². The maximum absolute atomic E-state index is 12.2. The van der Waals surface area contributed by atoms with Crippen LogP contribution in [0.5, 0.6) is 11.5 Å². The highest BCUT2D eigenvalue weighted by Crippen LogP contribution is 2.21. The van der Waals surface area contributed by atoms with Gasteiger partial charge in [-0.2, -0.15) is 0 Å². The first-order valence-corrected chi connectivity index (χ1v) is 8.47. The molecule has 0 aliphatic carbocycles. The van der Waals surface area contributed by atoms with Gasteiger partial charge in [-0.05, 0) is 48.0 Å². The third-order valence-electron chi connectivity index (χ3n) is 3.72. The van der Waals surface area contributed by atoms with Crippen molar-refractivity contribution < 1.29 is 14.3 Å². The molecule has 6 nitrogen and oxygen atoms in total. The molecule has 0 aliphatic rings. The number of amides is 2. The Bertz CT molecular complexity index is 882. The van der Waals surface area contributed by atoms with E-state index in [9.17, 15) is 9.59 Å². The highest BCUT2D eigenvalue weighted by atomic mass is 16.5. The molecule has 0 radical (unpaired) electrons. The van der Waals surface area contributed by atoms with Gasteiger partial charge in [-0.1, -0.05) is 24.3 Å². The summed E-state index contributed by atoms with van der Waals surface area (Å²) in [4.78, 5) is 28.0. The van der Waals surface area contributed by atoms with Gasteiger partial charge < -0.3 is 15.4 Å². The van der Waals surface area contributed by atoms with Gasteiger partial charge in [0.1, 0.15) is 11.5 Å². The Hall–Kier alpha value is -3.67. The van der Waals surface area contributed by atoms with Crippen LogP contribution in [0.2, 0.25) is 0 Å². The molecule has 2 aromatic carbocycles. The maximum atomic E-state index is 12.2. The molecule has 27 heavy (non-hydrogen) atoms. The Kier molecular flexibility index (Phi) is 6.14. The Morgan fingerprint density at radius 2 is 1.59 bits per heavy atom. The van der Waals surface area contributed by atoms with Gasteiger partial charge in [0.25, 0.3) is 5.91 Å². The van der Waals surface area contributed by atoms with Crippen molar-refractivity contribution in [1.29, 1.82) is 0 Å². The van der Waals surface area contributed by atoms with Crippen LogP contribution in [0.4, 0.5) is 0 Å². The molecule has 0 aliphatic heterocycles. The zero-order valence-electron chi connectivity index (χ0n) is 14.6. The molecule has 0 saturated heterocycles. The first-order chi connectivity index (χ1) is 13.2. The lowest BCUT2D eigenvalue weighted by molar-refractivity contribution is -0.120. The summed E-state index contributed by atoms with van der Waals surface area (Å²) in [5, 5.41) is 5.33. The van der Waals surface area contributed by atoms with Crippen LogP contribution in [-0.2, 0) is 11.3 Å². The lowest BCUT2D eigenvalue weighted by Crippen LogP contribution is -2.36. The number of carbonyl (C=O) groups is 2. The minimum atomic E-state index is -0.321. The molecule has 3 rings (SSSR count). The van der Waals surface area contributed by atoms with E-state index in [-0.39, 0.29) is 18.4 Å². The summed E-state index contributed by atoms with van der Waals surface area (Å²) in [7, 11) is 0. The first-order valence-electron chi connectivity index (χ1n) is 8.47. The minimum Gasteiger partial charge on any atom is -0.457 e. The molecule has 0 spiro atoms. The summed E-state index contributed by atoms with van der Waals surface area (Å²) >= 11 is 0. The molecule has 0 fully saturated rings. The van der Waals surface area contributed by atoms with E-state index in [0.717, 1.165) is 11.3 Å². The second kappa shape index (κ2) is 9.15. The highest BCUT2D eigenvalue weighted by Gasteiger charge is 2.08. The number of aromatic nitrogens is 1. The Balaban J connectivity index is 1.45. The van der Waals surface area contributed by atoms with Gasteiger partial charge in [0.2, 0.25) is 5.91 Å². The molecule has 1 aromatic heterocycles.